The summed E-state index contributed by atoms with van der Waals surface area (Å²) in [6.45, 7) is 6.01. The van der Waals surface area contributed by atoms with Crippen LogP contribution in [0.2, 0.25) is 0 Å². The summed E-state index contributed by atoms with van der Waals surface area (Å²) >= 11 is 5.44. The average Bonchev–Trinajstić information content (AvgIpc) is 2.80. The lowest BCUT2D eigenvalue weighted by molar-refractivity contribution is 0.304. The fourth-order valence-corrected chi connectivity index (χ4v) is 3.59. The highest BCUT2D eigenvalue weighted by Gasteiger charge is 2.02. The van der Waals surface area contributed by atoms with E-state index in [-0.39, 0.29) is 0 Å². The number of thiocarbonyl (C=S) groups is 1. The summed E-state index contributed by atoms with van der Waals surface area (Å²) in [6, 6.07) is 15.8. The predicted octanol–water partition coefficient (Wildman–Crippen LogP) is 8.19. The fourth-order valence-electron chi connectivity index (χ4n) is 3.35. The first-order valence-corrected chi connectivity index (χ1v) is 12.7. The Kier molecular flexibility index (Phi) is 13.3. The van der Waals surface area contributed by atoms with Gasteiger partial charge in [-0.15, -0.1) is 0 Å². The zero-order valence-electron chi connectivity index (χ0n) is 19.8. The Hall–Kier alpha value is -2.27. The van der Waals surface area contributed by atoms with E-state index in [1.54, 1.807) is 0 Å². The highest BCUT2D eigenvalue weighted by atomic mass is 32.1. The molecular formula is C27H40N2O2S. The largest absolute Gasteiger partial charge is 0.494 e. The quantitative estimate of drug-likeness (QED) is 0.197. The summed E-state index contributed by atoms with van der Waals surface area (Å²) in [6.07, 6.45) is 12.4. The third kappa shape index (κ3) is 11.4. The van der Waals surface area contributed by atoms with Crippen LogP contribution < -0.4 is 20.1 Å². The molecule has 0 fully saturated rings. The van der Waals surface area contributed by atoms with E-state index in [1.165, 1.54) is 51.4 Å². The molecule has 0 unspecified atom stereocenters. The molecular weight excluding hydrogens is 416 g/mol. The minimum Gasteiger partial charge on any atom is -0.494 e. The normalized spacial score (nSPS) is 10.6. The third-order valence-electron chi connectivity index (χ3n) is 5.26. The van der Waals surface area contributed by atoms with Crippen molar-refractivity contribution in [2.75, 3.05) is 23.8 Å². The molecule has 5 heteroatoms. The van der Waals surface area contributed by atoms with E-state index < -0.39 is 0 Å². The predicted molar refractivity (Wildman–Crippen MR) is 141 cm³/mol. The van der Waals surface area contributed by atoms with Crippen LogP contribution >= 0.6 is 12.2 Å². The van der Waals surface area contributed by atoms with Gasteiger partial charge in [-0.1, -0.05) is 65.2 Å². The van der Waals surface area contributed by atoms with Crippen LogP contribution in [0.5, 0.6) is 11.5 Å². The van der Waals surface area contributed by atoms with Crippen molar-refractivity contribution in [3.05, 3.63) is 48.5 Å². The van der Waals surface area contributed by atoms with E-state index in [0.29, 0.717) is 5.11 Å². The molecule has 0 saturated carbocycles. The Labute approximate surface area is 200 Å². The lowest BCUT2D eigenvalue weighted by atomic mass is 10.2. The van der Waals surface area contributed by atoms with Gasteiger partial charge in [0, 0.05) is 11.4 Å². The van der Waals surface area contributed by atoms with Crippen molar-refractivity contribution in [2.24, 2.45) is 0 Å². The Morgan fingerprint density at radius 3 is 1.34 bits per heavy atom. The van der Waals surface area contributed by atoms with E-state index in [0.717, 1.165) is 48.9 Å². The summed E-state index contributed by atoms with van der Waals surface area (Å²) in [5, 5.41) is 6.98. The topological polar surface area (TPSA) is 42.5 Å². The van der Waals surface area contributed by atoms with Gasteiger partial charge >= 0.3 is 0 Å². The molecule has 4 nitrogen and oxygen atoms in total. The number of anilines is 2. The smallest absolute Gasteiger partial charge is 0.175 e. The van der Waals surface area contributed by atoms with Crippen LogP contribution in [0.3, 0.4) is 0 Å². The number of nitrogens with one attached hydrogen (secondary N) is 2. The molecule has 2 aromatic rings. The van der Waals surface area contributed by atoms with Gasteiger partial charge in [-0.3, -0.25) is 0 Å². The number of hydrogen-bond acceptors (Lipinski definition) is 3. The number of benzene rings is 2. The number of ether oxygens (including phenoxy) is 2. The molecule has 0 amide bonds. The third-order valence-corrected chi connectivity index (χ3v) is 5.46. The molecule has 2 N–H and O–H groups in total. The molecule has 0 radical (unpaired) electrons. The van der Waals surface area contributed by atoms with Crippen LogP contribution in [-0.4, -0.2) is 18.3 Å². The van der Waals surface area contributed by atoms with Gasteiger partial charge in [0.1, 0.15) is 11.5 Å². The van der Waals surface area contributed by atoms with Crippen LogP contribution in [0.1, 0.15) is 78.1 Å². The Morgan fingerprint density at radius 1 is 0.594 bits per heavy atom. The molecule has 176 valence electrons. The van der Waals surface area contributed by atoms with Gasteiger partial charge < -0.3 is 20.1 Å². The van der Waals surface area contributed by atoms with Crippen molar-refractivity contribution < 1.29 is 9.47 Å². The minimum atomic E-state index is 0.555. The van der Waals surface area contributed by atoms with Crippen LogP contribution in [0.4, 0.5) is 11.4 Å². The molecule has 2 aromatic carbocycles. The molecule has 0 saturated heterocycles. The van der Waals surface area contributed by atoms with Gasteiger partial charge in [0.05, 0.1) is 13.2 Å². The molecule has 0 bridgehead atoms. The molecule has 32 heavy (non-hydrogen) atoms. The fraction of sp³-hybridized carbons (Fsp3) is 0.519. The summed E-state index contributed by atoms with van der Waals surface area (Å²) in [4.78, 5) is 0. The highest BCUT2D eigenvalue weighted by Crippen LogP contribution is 2.19. The van der Waals surface area contributed by atoms with Gasteiger partial charge in [0.25, 0.3) is 0 Å². The van der Waals surface area contributed by atoms with Crippen molar-refractivity contribution in [2.45, 2.75) is 78.1 Å². The number of unbranched alkanes of at least 4 members (excludes halogenated alkanes) is 8. The zero-order chi connectivity index (χ0) is 22.9. The van der Waals surface area contributed by atoms with E-state index in [2.05, 4.69) is 24.5 Å². The zero-order valence-corrected chi connectivity index (χ0v) is 20.6. The summed E-state index contributed by atoms with van der Waals surface area (Å²) in [5.41, 5.74) is 1.86. The van der Waals surface area contributed by atoms with Crippen molar-refractivity contribution in [1.82, 2.24) is 0 Å². The lowest BCUT2D eigenvalue weighted by Crippen LogP contribution is -2.18. The molecule has 0 spiro atoms. The van der Waals surface area contributed by atoms with Crippen molar-refractivity contribution in [3.63, 3.8) is 0 Å². The first kappa shape index (κ1) is 26.0. The first-order valence-electron chi connectivity index (χ1n) is 12.2. The van der Waals surface area contributed by atoms with E-state index in [9.17, 15) is 0 Å². The molecule has 0 aliphatic carbocycles. The summed E-state index contributed by atoms with van der Waals surface area (Å²) in [7, 11) is 0. The van der Waals surface area contributed by atoms with Crippen molar-refractivity contribution in [1.29, 1.82) is 0 Å². The van der Waals surface area contributed by atoms with E-state index in [1.807, 2.05) is 48.5 Å². The molecule has 0 atom stereocenters. The van der Waals surface area contributed by atoms with Gasteiger partial charge in [-0.25, -0.2) is 0 Å². The second-order valence-electron chi connectivity index (χ2n) is 8.15. The second-order valence-corrected chi connectivity index (χ2v) is 8.56. The number of rotatable bonds is 16. The van der Waals surface area contributed by atoms with E-state index in [4.69, 9.17) is 21.7 Å². The molecule has 0 aliphatic rings. The van der Waals surface area contributed by atoms with E-state index >= 15 is 0 Å². The maximum Gasteiger partial charge on any atom is 0.175 e. The van der Waals surface area contributed by atoms with Crippen LogP contribution in [0, 0.1) is 0 Å². The molecule has 2 rings (SSSR count). The van der Waals surface area contributed by atoms with Gasteiger partial charge in [-0.2, -0.15) is 0 Å². The monoisotopic (exact) mass is 456 g/mol. The first-order chi connectivity index (χ1) is 15.7. The Balaban J connectivity index is 1.65. The standard InChI is InChI=1S/C27H40N2O2S/c1-3-5-7-9-11-21-30-25-17-13-23(14-18-25)28-27(32)29-24-15-19-26(20-16-24)31-22-12-10-8-6-4-2/h13-20H,3-12,21-22H2,1-2H3,(H2,28,29,32). The second kappa shape index (κ2) is 16.4. The average molecular weight is 457 g/mol. The van der Waals surface area contributed by atoms with Gasteiger partial charge in [-0.05, 0) is 73.6 Å². The summed E-state index contributed by atoms with van der Waals surface area (Å²) < 4.78 is 11.6. The van der Waals surface area contributed by atoms with Gasteiger partial charge in [0.15, 0.2) is 5.11 Å². The lowest BCUT2D eigenvalue weighted by Gasteiger charge is -2.12. The molecule has 0 heterocycles. The highest BCUT2D eigenvalue weighted by molar-refractivity contribution is 7.80. The molecule has 0 aromatic heterocycles. The Bertz CT molecular complexity index is 684. The minimum absolute atomic E-state index is 0.555. The van der Waals surface area contributed by atoms with Crippen molar-refractivity contribution >= 4 is 28.7 Å². The Morgan fingerprint density at radius 2 is 0.969 bits per heavy atom. The number of hydrogen-bond donors (Lipinski definition) is 2. The molecule has 0 aliphatic heterocycles. The van der Waals surface area contributed by atoms with Gasteiger partial charge in [0.2, 0.25) is 0 Å². The maximum absolute atomic E-state index is 5.82. The van der Waals surface area contributed by atoms with Crippen molar-refractivity contribution in [3.8, 4) is 11.5 Å². The maximum atomic E-state index is 5.82. The van der Waals surface area contributed by atoms with Crippen LogP contribution in [0.25, 0.3) is 0 Å². The van der Waals surface area contributed by atoms with Crippen LogP contribution in [0.15, 0.2) is 48.5 Å². The summed E-state index contributed by atoms with van der Waals surface area (Å²) in [5.74, 6) is 1.79. The van der Waals surface area contributed by atoms with Crippen LogP contribution in [-0.2, 0) is 0 Å². The SMILES string of the molecule is CCCCCCCOc1ccc(NC(=S)Nc2ccc(OCCCCCCC)cc2)cc1.